The molecule has 2 fully saturated rings. The van der Waals surface area contributed by atoms with Crippen LogP contribution in [-0.2, 0) is 9.53 Å². The summed E-state index contributed by atoms with van der Waals surface area (Å²) in [5.41, 5.74) is 3.07. The van der Waals surface area contributed by atoms with E-state index in [4.69, 9.17) is 4.74 Å². The van der Waals surface area contributed by atoms with Crippen molar-refractivity contribution in [3.63, 3.8) is 0 Å². The summed E-state index contributed by atoms with van der Waals surface area (Å²) in [5.74, 6) is -0.191. The zero-order valence-electron chi connectivity index (χ0n) is 19.3. The minimum Gasteiger partial charge on any atom is -0.379 e. The van der Waals surface area contributed by atoms with Crippen LogP contribution in [0.25, 0.3) is 0 Å². The lowest BCUT2D eigenvalue weighted by molar-refractivity contribution is -0.127. The standard InChI is InChI=1S/C26H34N4O3/c1-20-9-11-21(12-10-20)24(19-29-14-16-33-17-15-29)28-25(31)22-6-5-13-30(18-22)26(32)27-23-7-3-2-4-8-23/h2-4,7-12,22,24H,5-6,13-19H2,1H3,(H,27,32)(H,28,31)/t22-,24+/m1/s1. The molecule has 176 valence electrons. The summed E-state index contributed by atoms with van der Waals surface area (Å²) in [6.45, 7) is 7.11. The molecule has 2 aromatic carbocycles. The number of piperidine rings is 1. The third-order valence-corrected chi connectivity index (χ3v) is 6.45. The van der Waals surface area contributed by atoms with Gasteiger partial charge in [0.05, 0.1) is 25.2 Å². The van der Waals surface area contributed by atoms with Crippen LogP contribution in [0, 0.1) is 12.8 Å². The summed E-state index contributed by atoms with van der Waals surface area (Å²) in [5, 5.41) is 6.23. The molecule has 0 unspecified atom stereocenters. The number of ether oxygens (including phenoxy) is 1. The Labute approximate surface area is 196 Å². The van der Waals surface area contributed by atoms with Gasteiger partial charge in [-0.25, -0.2) is 4.79 Å². The first-order valence-electron chi connectivity index (χ1n) is 11.9. The second-order valence-electron chi connectivity index (χ2n) is 8.97. The monoisotopic (exact) mass is 450 g/mol. The molecular formula is C26H34N4O3. The highest BCUT2D eigenvalue weighted by molar-refractivity contribution is 5.90. The summed E-state index contributed by atoms with van der Waals surface area (Å²) in [7, 11) is 0. The average molecular weight is 451 g/mol. The van der Waals surface area contributed by atoms with Crippen LogP contribution < -0.4 is 10.6 Å². The van der Waals surface area contributed by atoms with Crippen molar-refractivity contribution in [2.24, 2.45) is 5.92 Å². The van der Waals surface area contributed by atoms with Crippen molar-refractivity contribution in [3.05, 3.63) is 65.7 Å². The molecule has 4 rings (SSSR count). The maximum atomic E-state index is 13.3. The molecule has 2 heterocycles. The first-order chi connectivity index (χ1) is 16.1. The number of amides is 3. The maximum Gasteiger partial charge on any atom is 0.321 e. The zero-order valence-corrected chi connectivity index (χ0v) is 19.3. The largest absolute Gasteiger partial charge is 0.379 e. The second-order valence-corrected chi connectivity index (χ2v) is 8.97. The Morgan fingerprint density at radius 1 is 1.03 bits per heavy atom. The Hall–Kier alpha value is -2.90. The first kappa shape index (κ1) is 23.3. The smallest absolute Gasteiger partial charge is 0.321 e. The van der Waals surface area contributed by atoms with Gasteiger partial charge in [0.25, 0.3) is 0 Å². The van der Waals surface area contributed by atoms with Crippen LogP contribution >= 0.6 is 0 Å². The average Bonchev–Trinajstić information content (AvgIpc) is 2.85. The highest BCUT2D eigenvalue weighted by atomic mass is 16.5. The van der Waals surface area contributed by atoms with Crippen molar-refractivity contribution in [1.29, 1.82) is 0 Å². The quantitative estimate of drug-likeness (QED) is 0.707. The van der Waals surface area contributed by atoms with Crippen molar-refractivity contribution >= 4 is 17.6 Å². The normalized spacial score (nSPS) is 20.2. The van der Waals surface area contributed by atoms with E-state index in [9.17, 15) is 9.59 Å². The number of benzene rings is 2. The molecule has 0 bridgehead atoms. The molecule has 7 heteroatoms. The van der Waals surface area contributed by atoms with E-state index < -0.39 is 0 Å². The minimum absolute atomic E-state index is 0.0195. The molecule has 2 atom stereocenters. The van der Waals surface area contributed by atoms with Crippen LogP contribution in [0.3, 0.4) is 0 Å². The first-order valence-corrected chi connectivity index (χ1v) is 11.9. The summed E-state index contributed by atoms with van der Waals surface area (Å²) in [6, 6.07) is 17.6. The number of aryl methyl sites for hydroxylation is 1. The van der Waals surface area contributed by atoms with Gasteiger partial charge in [0.1, 0.15) is 0 Å². The number of anilines is 1. The Bertz CT molecular complexity index is 913. The Morgan fingerprint density at radius 2 is 1.76 bits per heavy atom. The molecule has 2 aromatic rings. The molecule has 0 spiro atoms. The van der Waals surface area contributed by atoms with Gasteiger partial charge in [0.2, 0.25) is 5.91 Å². The highest BCUT2D eigenvalue weighted by Gasteiger charge is 2.30. The van der Waals surface area contributed by atoms with Crippen molar-refractivity contribution in [1.82, 2.24) is 15.1 Å². The number of nitrogens with one attached hydrogen (secondary N) is 2. The number of likely N-dealkylation sites (tertiary alicyclic amines) is 1. The molecule has 2 aliphatic rings. The van der Waals surface area contributed by atoms with Crippen LogP contribution in [0.15, 0.2) is 54.6 Å². The summed E-state index contributed by atoms with van der Waals surface area (Å²) >= 11 is 0. The third-order valence-electron chi connectivity index (χ3n) is 6.45. The fraction of sp³-hybridized carbons (Fsp3) is 0.462. The maximum absolute atomic E-state index is 13.3. The van der Waals surface area contributed by atoms with E-state index in [1.165, 1.54) is 5.56 Å². The fourth-order valence-corrected chi connectivity index (χ4v) is 4.46. The molecule has 2 aliphatic heterocycles. The highest BCUT2D eigenvalue weighted by Crippen LogP contribution is 2.22. The number of carbonyl (C=O) groups is 2. The molecule has 0 saturated carbocycles. The van der Waals surface area contributed by atoms with Crippen molar-refractivity contribution in [3.8, 4) is 0 Å². The predicted molar refractivity (Wildman–Crippen MR) is 129 cm³/mol. The molecule has 0 aliphatic carbocycles. The van der Waals surface area contributed by atoms with Crippen LogP contribution in [0.4, 0.5) is 10.5 Å². The lowest BCUT2D eigenvalue weighted by atomic mass is 9.96. The van der Waals surface area contributed by atoms with Gasteiger partial charge in [-0.3, -0.25) is 9.69 Å². The van der Waals surface area contributed by atoms with Gasteiger partial charge in [0, 0.05) is 38.4 Å². The lowest BCUT2D eigenvalue weighted by Crippen LogP contribution is -2.49. The van der Waals surface area contributed by atoms with E-state index in [1.807, 2.05) is 30.3 Å². The van der Waals surface area contributed by atoms with E-state index in [2.05, 4.69) is 46.7 Å². The van der Waals surface area contributed by atoms with Crippen LogP contribution in [-0.4, -0.2) is 67.7 Å². The molecule has 0 radical (unpaired) electrons. The molecule has 2 N–H and O–H groups in total. The number of carbonyl (C=O) groups excluding carboxylic acids is 2. The van der Waals surface area contributed by atoms with E-state index in [1.54, 1.807) is 4.90 Å². The lowest BCUT2D eigenvalue weighted by Gasteiger charge is -2.34. The van der Waals surface area contributed by atoms with Gasteiger partial charge in [-0.2, -0.15) is 0 Å². The molecule has 33 heavy (non-hydrogen) atoms. The summed E-state index contributed by atoms with van der Waals surface area (Å²) in [6.07, 6.45) is 1.61. The number of hydrogen-bond acceptors (Lipinski definition) is 4. The molecule has 0 aromatic heterocycles. The molecule has 7 nitrogen and oxygen atoms in total. The molecular weight excluding hydrogens is 416 g/mol. The second kappa shape index (κ2) is 11.3. The van der Waals surface area contributed by atoms with E-state index in [0.29, 0.717) is 13.1 Å². The Kier molecular flexibility index (Phi) is 7.96. The van der Waals surface area contributed by atoms with E-state index >= 15 is 0 Å². The number of nitrogens with zero attached hydrogens (tertiary/aromatic N) is 2. The number of rotatable bonds is 6. The third kappa shape index (κ3) is 6.55. The molecule has 3 amide bonds. The summed E-state index contributed by atoms with van der Waals surface area (Å²) in [4.78, 5) is 30.1. The Balaban J connectivity index is 1.39. The minimum atomic E-state index is -0.210. The molecule has 2 saturated heterocycles. The van der Waals surface area contributed by atoms with E-state index in [0.717, 1.165) is 56.9 Å². The van der Waals surface area contributed by atoms with Crippen LogP contribution in [0.2, 0.25) is 0 Å². The van der Waals surface area contributed by atoms with Gasteiger partial charge in [-0.15, -0.1) is 0 Å². The van der Waals surface area contributed by atoms with Crippen LogP contribution in [0.1, 0.15) is 30.0 Å². The predicted octanol–water partition coefficient (Wildman–Crippen LogP) is 3.43. The van der Waals surface area contributed by atoms with Crippen LogP contribution in [0.5, 0.6) is 0 Å². The van der Waals surface area contributed by atoms with Gasteiger partial charge in [0.15, 0.2) is 0 Å². The SMILES string of the molecule is Cc1ccc([C@H](CN2CCOCC2)NC(=O)[C@@H]2CCCN(C(=O)Nc3ccccc3)C2)cc1. The van der Waals surface area contributed by atoms with Crippen molar-refractivity contribution in [2.45, 2.75) is 25.8 Å². The van der Waals surface area contributed by atoms with E-state index in [-0.39, 0.29) is 23.9 Å². The van der Waals surface area contributed by atoms with Gasteiger partial charge >= 0.3 is 6.03 Å². The number of para-hydroxylation sites is 1. The van der Waals surface area contributed by atoms with Gasteiger partial charge in [-0.1, -0.05) is 48.0 Å². The van der Waals surface area contributed by atoms with Crippen molar-refractivity contribution in [2.75, 3.05) is 51.3 Å². The number of morpholine rings is 1. The number of urea groups is 1. The van der Waals surface area contributed by atoms with Gasteiger partial charge < -0.3 is 20.3 Å². The topological polar surface area (TPSA) is 73.9 Å². The Morgan fingerprint density at radius 3 is 2.48 bits per heavy atom. The van der Waals surface area contributed by atoms with Gasteiger partial charge in [-0.05, 0) is 37.5 Å². The fourth-order valence-electron chi connectivity index (χ4n) is 4.46. The van der Waals surface area contributed by atoms with Crippen molar-refractivity contribution < 1.29 is 14.3 Å². The zero-order chi connectivity index (χ0) is 23.0. The summed E-state index contributed by atoms with van der Waals surface area (Å²) < 4.78 is 5.48. The number of hydrogen-bond donors (Lipinski definition) is 2.